The van der Waals surface area contributed by atoms with Gasteiger partial charge in [0.1, 0.15) is 5.76 Å². The first-order valence-corrected chi connectivity index (χ1v) is 7.37. The average Bonchev–Trinajstić information content (AvgIpc) is 3.11. The second-order valence-electron chi connectivity index (χ2n) is 5.85. The molecule has 18 heavy (non-hydrogen) atoms. The number of hydrogen-bond acceptors (Lipinski definition) is 3. The van der Waals surface area contributed by atoms with Crippen molar-refractivity contribution in [2.24, 2.45) is 5.73 Å². The molecule has 0 radical (unpaired) electrons. The highest BCUT2D eigenvalue weighted by molar-refractivity contribution is 5.14. The predicted octanol–water partition coefficient (Wildman–Crippen LogP) is 3.08. The van der Waals surface area contributed by atoms with E-state index in [4.69, 9.17) is 10.2 Å². The zero-order valence-electron chi connectivity index (χ0n) is 11.1. The third kappa shape index (κ3) is 1.99. The maximum Gasteiger partial charge on any atom is 0.122 e. The molecule has 0 bridgehead atoms. The van der Waals surface area contributed by atoms with Crippen molar-refractivity contribution in [2.45, 2.75) is 56.5 Å². The molecule has 3 heteroatoms. The number of furan rings is 1. The van der Waals surface area contributed by atoms with Crippen LogP contribution in [-0.2, 0) is 0 Å². The topological polar surface area (TPSA) is 42.4 Å². The van der Waals surface area contributed by atoms with Gasteiger partial charge in [0, 0.05) is 5.54 Å². The SMILES string of the molecule is NC(c1ccco1)C1(N2CCCCC2)CCCC1. The normalized spacial score (nSPS) is 26.3. The van der Waals surface area contributed by atoms with Crippen molar-refractivity contribution in [1.82, 2.24) is 4.90 Å². The number of rotatable bonds is 3. The lowest BCUT2D eigenvalue weighted by Gasteiger charge is -2.46. The molecule has 1 unspecified atom stereocenters. The van der Waals surface area contributed by atoms with Crippen LogP contribution in [0.4, 0.5) is 0 Å². The summed E-state index contributed by atoms with van der Waals surface area (Å²) in [6.07, 6.45) is 10.9. The van der Waals surface area contributed by atoms with Crippen LogP contribution in [0.2, 0.25) is 0 Å². The summed E-state index contributed by atoms with van der Waals surface area (Å²) >= 11 is 0. The van der Waals surface area contributed by atoms with Gasteiger partial charge in [-0.05, 0) is 50.9 Å². The molecule has 3 rings (SSSR count). The van der Waals surface area contributed by atoms with Crippen LogP contribution >= 0.6 is 0 Å². The standard InChI is InChI=1S/C15H24N2O/c16-14(13-7-6-12-18-13)15(8-2-3-9-15)17-10-4-1-5-11-17/h6-7,12,14H,1-5,8-11,16H2. The van der Waals surface area contributed by atoms with Gasteiger partial charge in [-0.2, -0.15) is 0 Å². The molecule has 100 valence electrons. The van der Waals surface area contributed by atoms with Crippen molar-refractivity contribution in [2.75, 3.05) is 13.1 Å². The van der Waals surface area contributed by atoms with Crippen molar-refractivity contribution in [3.63, 3.8) is 0 Å². The summed E-state index contributed by atoms with van der Waals surface area (Å²) in [6, 6.07) is 4.02. The van der Waals surface area contributed by atoms with E-state index in [0.29, 0.717) is 0 Å². The van der Waals surface area contributed by atoms with Crippen LogP contribution in [0.1, 0.15) is 56.7 Å². The molecule has 0 spiro atoms. The summed E-state index contributed by atoms with van der Waals surface area (Å²) in [5.41, 5.74) is 6.74. The quantitative estimate of drug-likeness (QED) is 0.894. The van der Waals surface area contributed by atoms with E-state index in [0.717, 1.165) is 5.76 Å². The minimum atomic E-state index is 0.0353. The van der Waals surface area contributed by atoms with E-state index in [9.17, 15) is 0 Å². The van der Waals surface area contributed by atoms with Gasteiger partial charge < -0.3 is 10.2 Å². The van der Waals surface area contributed by atoms with Crippen LogP contribution in [-0.4, -0.2) is 23.5 Å². The molecule has 1 aliphatic carbocycles. The summed E-state index contributed by atoms with van der Waals surface area (Å²) < 4.78 is 5.57. The number of nitrogens with zero attached hydrogens (tertiary/aromatic N) is 1. The van der Waals surface area contributed by atoms with Crippen molar-refractivity contribution >= 4 is 0 Å². The van der Waals surface area contributed by atoms with Gasteiger partial charge in [-0.3, -0.25) is 4.90 Å². The van der Waals surface area contributed by atoms with Gasteiger partial charge in [-0.1, -0.05) is 19.3 Å². The average molecular weight is 248 g/mol. The van der Waals surface area contributed by atoms with E-state index >= 15 is 0 Å². The van der Waals surface area contributed by atoms with Crippen molar-refractivity contribution in [3.8, 4) is 0 Å². The van der Waals surface area contributed by atoms with Crippen molar-refractivity contribution < 1.29 is 4.42 Å². The molecule has 1 saturated heterocycles. The van der Waals surface area contributed by atoms with E-state index < -0.39 is 0 Å². The van der Waals surface area contributed by atoms with Crippen LogP contribution in [0.3, 0.4) is 0 Å². The Bertz CT molecular complexity index is 362. The minimum Gasteiger partial charge on any atom is -0.468 e. The highest BCUT2D eigenvalue weighted by Crippen LogP contribution is 2.44. The van der Waals surface area contributed by atoms with Crippen LogP contribution in [0.15, 0.2) is 22.8 Å². The second-order valence-corrected chi connectivity index (χ2v) is 5.85. The predicted molar refractivity (Wildman–Crippen MR) is 72.3 cm³/mol. The van der Waals surface area contributed by atoms with E-state index in [1.165, 1.54) is 58.0 Å². The number of likely N-dealkylation sites (tertiary alicyclic amines) is 1. The number of piperidine rings is 1. The third-order valence-electron chi connectivity index (χ3n) is 4.88. The molecule has 1 saturated carbocycles. The molecule has 2 heterocycles. The van der Waals surface area contributed by atoms with Crippen molar-refractivity contribution in [3.05, 3.63) is 24.2 Å². The Morgan fingerprint density at radius 2 is 1.83 bits per heavy atom. The maximum atomic E-state index is 6.58. The van der Waals surface area contributed by atoms with Gasteiger partial charge in [0.05, 0.1) is 12.3 Å². The molecule has 0 amide bonds. The lowest BCUT2D eigenvalue weighted by Crippen LogP contribution is -2.55. The largest absolute Gasteiger partial charge is 0.468 e. The highest BCUT2D eigenvalue weighted by atomic mass is 16.3. The molecule has 2 fully saturated rings. The Kier molecular flexibility index (Phi) is 3.44. The number of nitrogens with two attached hydrogens (primary N) is 1. The second kappa shape index (κ2) is 5.06. The highest BCUT2D eigenvalue weighted by Gasteiger charge is 2.46. The molecule has 1 atom stereocenters. The molecule has 1 aromatic rings. The number of hydrogen-bond donors (Lipinski definition) is 1. The van der Waals surface area contributed by atoms with Crippen LogP contribution in [0, 0.1) is 0 Å². The summed E-state index contributed by atoms with van der Waals surface area (Å²) in [4.78, 5) is 2.66. The molecular formula is C15H24N2O. The first kappa shape index (κ1) is 12.2. The first-order chi connectivity index (χ1) is 8.83. The minimum absolute atomic E-state index is 0.0353. The van der Waals surface area contributed by atoms with Crippen molar-refractivity contribution in [1.29, 1.82) is 0 Å². The summed E-state index contributed by atoms with van der Waals surface area (Å²) in [7, 11) is 0. The van der Waals surface area contributed by atoms with Crippen LogP contribution in [0.5, 0.6) is 0 Å². The summed E-state index contributed by atoms with van der Waals surface area (Å²) in [5.74, 6) is 0.961. The Morgan fingerprint density at radius 1 is 1.11 bits per heavy atom. The monoisotopic (exact) mass is 248 g/mol. The molecule has 1 aromatic heterocycles. The molecule has 0 aromatic carbocycles. The molecule has 2 aliphatic rings. The van der Waals surface area contributed by atoms with Crippen LogP contribution < -0.4 is 5.73 Å². The van der Waals surface area contributed by atoms with E-state index in [1.54, 1.807) is 6.26 Å². The Labute approximate surface area is 109 Å². The zero-order chi connectivity index (χ0) is 12.4. The Balaban J connectivity index is 1.86. The fraction of sp³-hybridized carbons (Fsp3) is 0.733. The van der Waals surface area contributed by atoms with Gasteiger partial charge in [0.25, 0.3) is 0 Å². The Morgan fingerprint density at radius 3 is 2.44 bits per heavy atom. The van der Waals surface area contributed by atoms with E-state index in [1.807, 2.05) is 12.1 Å². The lowest BCUT2D eigenvalue weighted by atomic mass is 9.83. The Hall–Kier alpha value is -0.800. The smallest absolute Gasteiger partial charge is 0.122 e. The van der Waals surface area contributed by atoms with Gasteiger partial charge >= 0.3 is 0 Å². The maximum absolute atomic E-state index is 6.58. The lowest BCUT2D eigenvalue weighted by molar-refractivity contribution is 0.0418. The van der Waals surface area contributed by atoms with Gasteiger partial charge in [-0.25, -0.2) is 0 Å². The first-order valence-electron chi connectivity index (χ1n) is 7.37. The third-order valence-corrected chi connectivity index (χ3v) is 4.88. The van der Waals surface area contributed by atoms with Gasteiger partial charge in [0.15, 0.2) is 0 Å². The fourth-order valence-electron chi connectivity index (χ4n) is 3.88. The molecular weight excluding hydrogens is 224 g/mol. The zero-order valence-corrected chi connectivity index (χ0v) is 11.1. The van der Waals surface area contributed by atoms with E-state index in [-0.39, 0.29) is 11.6 Å². The van der Waals surface area contributed by atoms with Crippen LogP contribution in [0.25, 0.3) is 0 Å². The summed E-state index contributed by atoms with van der Waals surface area (Å²) in [5, 5.41) is 0. The van der Waals surface area contributed by atoms with Gasteiger partial charge in [0.2, 0.25) is 0 Å². The molecule has 2 N–H and O–H groups in total. The van der Waals surface area contributed by atoms with E-state index in [2.05, 4.69) is 4.90 Å². The van der Waals surface area contributed by atoms with Gasteiger partial charge in [-0.15, -0.1) is 0 Å². The molecule has 1 aliphatic heterocycles. The fourth-order valence-corrected chi connectivity index (χ4v) is 3.88. The molecule has 3 nitrogen and oxygen atoms in total. The summed E-state index contributed by atoms with van der Waals surface area (Å²) in [6.45, 7) is 2.43.